The molecule has 1 aliphatic rings. The average molecular weight is 219 g/mol. The molecule has 0 atom stereocenters. The van der Waals surface area contributed by atoms with Gasteiger partial charge in [-0.2, -0.15) is 11.8 Å². The highest BCUT2D eigenvalue weighted by atomic mass is 32.2. The van der Waals surface area contributed by atoms with Crippen molar-refractivity contribution < 1.29 is 0 Å². The Morgan fingerprint density at radius 2 is 2.13 bits per heavy atom. The molecule has 76 valence electrons. The maximum Gasteiger partial charge on any atom is 0.275 e. The molecule has 0 amide bonds. The molecule has 0 saturated carbocycles. The molecule has 5 heteroatoms. The van der Waals surface area contributed by atoms with Gasteiger partial charge in [0.15, 0.2) is 0 Å². The van der Waals surface area contributed by atoms with Crippen LogP contribution in [0.4, 0.5) is 0 Å². The molecular weight excluding hydrogens is 210 g/mol. The summed E-state index contributed by atoms with van der Waals surface area (Å²) < 4.78 is 1.59. The molecule has 0 unspecified atom stereocenters. The predicted molar refractivity (Wildman–Crippen MR) is 59.2 cm³/mol. The molecule has 15 heavy (non-hydrogen) atoms. The van der Waals surface area contributed by atoms with Gasteiger partial charge < -0.3 is 0 Å². The van der Waals surface area contributed by atoms with Crippen LogP contribution in [0.2, 0.25) is 0 Å². The van der Waals surface area contributed by atoms with Crippen LogP contribution >= 0.6 is 11.8 Å². The van der Waals surface area contributed by atoms with Crippen LogP contribution in [-0.2, 0) is 11.5 Å². The SMILES string of the molecule is O=c1c2c([nH]n1-c1ccncc1)CSC2. The zero-order valence-electron chi connectivity index (χ0n) is 7.93. The molecular formula is C10H9N3OS. The molecule has 0 aromatic carbocycles. The summed E-state index contributed by atoms with van der Waals surface area (Å²) in [7, 11) is 0. The van der Waals surface area contributed by atoms with Crippen LogP contribution in [0.5, 0.6) is 0 Å². The van der Waals surface area contributed by atoms with E-state index in [-0.39, 0.29) is 5.56 Å². The lowest BCUT2D eigenvalue weighted by molar-refractivity contribution is 0.829. The standard InChI is InChI=1S/C10H9N3OS/c14-10-8-5-15-6-9(8)12-13(10)7-1-3-11-4-2-7/h1-4,12H,5-6H2. The molecule has 0 spiro atoms. The number of fused-ring (bicyclic) bond motifs is 1. The van der Waals surface area contributed by atoms with Crippen molar-refractivity contribution in [1.29, 1.82) is 0 Å². The summed E-state index contributed by atoms with van der Waals surface area (Å²) in [4.78, 5) is 15.9. The number of rotatable bonds is 1. The number of H-pyrrole nitrogens is 1. The Morgan fingerprint density at radius 1 is 1.33 bits per heavy atom. The number of nitrogens with one attached hydrogen (secondary N) is 1. The Balaban J connectivity index is 2.19. The second-order valence-corrected chi connectivity index (χ2v) is 4.39. The van der Waals surface area contributed by atoms with Gasteiger partial charge in [0.1, 0.15) is 0 Å². The summed E-state index contributed by atoms with van der Waals surface area (Å²) >= 11 is 1.77. The van der Waals surface area contributed by atoms with Gasteiger partial charge in [-0.15, -0.1) is 0 Å². The molecule has 3 rings (SSSR count). The van der Waals surface area contributed by atoms with E-state index >= 15 is 0 Å². The third-order valence-electron chi connectivity index (χ3n) is 2.49. The predicted octanol–water partition coefficient (Wildman–Crippen LogP) is 1.31. The van der Waals surface area contributed by atoms with E-state index in [1.807, 2.05) is 12.1 Å². The van der Waals surface area contributed by atoms with Gasteiger partial charge in [-0.1, -0.05) is 0 Å². The Bertz CT molecular complexity index is 544. The maximum atomic E-state index is 12.0. The minimum absolute atomic E-state index is 0.0706. The largest absolute Gasteiger partial charge is 0.294 e. The van der Waals surface area contributed by atoms with Gasteiger partial charge in [0.25, 0.3) is 5.56 Å². The molecule has 0 bridgehead atoms. The highest BCUT2D eigenvalue weighted by Gasteiger charge is 2.19. The van der Waals surface area contributed by atoms with E-state index < -0.39 is 0 Å². The van der Waals surface area contributed by atoms with Gasteiger partial charge in [0, 0.05) is 23.9 Å². The first kappa shape index (κ1) is 8.79. The highest BCUT2D eigenvalue weighted by molar-refractivity contribution is 7.98. The molecule has 0 fully saturated rings. The van der Waals surface area contributed by atoms with Crippen LogP contribution in [0.15, 0.2) is 29.3 Å². The fourth-order valence-corrected chi connectivity index (χ4v) is 2.76. The van der Waals surface area contributed by atoms with Gasteiger partial charge in [-0.3, -0.25) is 14.9 Å². The summed E-state index contributed by atoms with van der Waals surface area (Å²) in [5.41, 5.74) is 2.88. The Kier molecular flexibility index (Phi) is 1.92. The number of pyridine rings is 1. The summed E-state index contributed by atoms with van der Waals surface area (Å²) in [5.74, 6) is 1.73. The summed E-state index contributed by atoms with van der Waals surface area (Å²) in [6.45, 7) is 0. The Labute approximate surface area is 90.3 Å². The summed E-state index contributed by atoms with van der Waals surface area (Å²) in [6.07, 6.45) is 3.37. The quantitative estimate of drug-likeness (QED) is 0.786. The van der Waals surface area contributed by atoms with Crippen LogP contribution in [-0.4, -0.2) is 14.8 Å². The molecule has 1 N–H and O–H groups in total. The zero-order valence-corrected chi connectivity index (χ0v) is 8.75. The van der Waals surface area contributed by atoms with Crippen molar-refractivity contribution in [2.75, 3.05) is 0 Å². The maximum absolute atomic E-state index is 12.0. The first-order valence-electron chi connectivity index (χ1n) is 4.67. The van der Waals surface area contributed by atoms with Crippen molar-refractivity contribution in [3.63, 3.8) is 0 Å². The van der Waals surface area contributed by atoms with E-state index in [0.717, 1.165) is 28.5 Å². The molecule has 2 aromatic rings. The van der Waals surface area contributed by atoms with Crippen LogP contribution in [0.25, 0.3) is 5.69 Å². The average Bonchev–Trinajstić information content (AvgIpc) is 2.83. The number of aromatic amines is 1. The van der Waals surface area contributed by atoms with E-state index in [2.05, 4.69) is 10.1 Å². The normalized spacial score (nSPS) is 14.1. The minimum atomic E-state index is 0.0706. The molecule has 0 saturated heterocycles. The minimum Gasteiger partial charge on any atom is -0.294 e. The number of hydrogen-bond acceptors (Lipinski definition) is 3. The fourth-order valence-electron chi connectivity index (χ4n) is 1.72. The van der Waals surface area contributed by atoms with Gasteiger partial charge in [-0.25, -0.2) is 4.68 Å². The van der Waals surface area contributed by atoms with Crippen molar-refractivity contribution in [1.82, 2.24) is 14.8 Å². The Morgan fingerprint density at radius 3 is 2.87 bits per heavy atom. The summed E-state index contributed by atoms with van der Waals surface area (Å²) in [6, 6.07) is 3.64. The lowest BCUT2D eigenvalue weighted by atomic mass is 10.3. The van der Waals surface area contributed by atoms with Crippen molar-refractivity contribution >= 4 is 11.8 Å². The number of aromatic nitrogens is 3. The van der Waals surface area contributed by atoms with Gasteiger partial charge in [0.05, 0.1) is 16.9 Å². The first-order chi connectivity index (χ1) is 7.36. The lowest BCUT2D eigenvalue weighted by Crippen LogP contribution is -2.16. The number of nitrogens with zero attached hydrogens (tertiary/aromatic N) is 2. The number of thioether (sulfide) groups is 1. The van der Waals surface area contributed by atoms with Crippen LogP contribution in [0.1, 0.15) is 11.3 Å². The van der Waals surface area contributed by atoms with Crippen LogP contribution < -0.4 is 5.56 Å². The van der Waals surface area contributed by atoms with E-state index in [4.69, 9.17) is 0 Å². The lowest BCUT2D eigenvalue weighted by Gasteiger charge is -2.00. The summed E-state index contributed by atoms with van der Waals surface area (Å²) in [5, 5.41) is 3.13. The van der Waals surface area contributed by atoms with E-state index in [0.29, 0.717) is 0 Å². The van der Waals surface area contributed by atoms with E-state index in [1.54, 1.807) is 28.8 Å². The van der Waals surface area contributed by atoms with Gasteiger partial charge in [0.2, 0.25) is 0 Å². The second-order valence-electron chi connectivity index (χ2n) is 3.41. The molecule has 2 aromatic heterocycles. The van der Waals surface area contributed by atoms with Crippen LogP contribution in [0.3, 0.4) is 0 Å². The zero-order chi connectivity index (χ0) is 10.3. The smallest absolute Gasteiger partial charge is 0.275 e. The topological polar surface area (TPSA) is 50.7 Å². The van der Waals surface area contributed by atoms with E-state index in [9.17, 15) is 4.79 Å². The third-order valence-corrected chi connectivity index (χ3v) is 3.47. The van der Waals surface area contributed by atoms with E-state index in [1.165, 1.54) is 0 Å². The first-order valence-corrected chi connectivity index (χ1v) is 5.82. The van der Waals surface area contributed by atoms with Crippen molar-refractivity contribution in [2.45, 2.75) is 11.5 Å². The third kappa shape index (κ3) is 1.31. The second kappa shape index (κ2) is 3.27. The number of hydrogen-bond donors (Lipinski definition) is 1. The monoisotopic (exact) mass is 219 g/mol. The molecule has 0 radical (unpaired) electrons. The van der Waals surface area contributed by atoms with Crippen molar-refractivity contribution in [3.05, 3.63) is 46.1 Å². The van der Waals surface area contributed by atoms with Crippen molar-refractivity contribution in [3.8, 4) is 5.69 Å². The highest BCUT2D eigenvalue weighted by Crippen LogP contribution is 2.26. The van der Waals surface area contributed by atoms with Crippen LogP contribution in [0, 0.1) is 0 Å². The molecule has 0 aliphatic carbocycles. The van der Waals surface area contributed by atoms with Gasteiger partial charge in [-0.05, 0) is 12.1 Å². The fraction of sp³-hybridized carbons (Fsp3) is 0.200. The molecule has 3 heterocycles. The van der Waals surface area contributed by atoms with Crippen molar-refractivity contribution in [2.24, 2.45) is 0 Å². The Hall–Kier alpha value is -1.49. The molecule has 4 nitrogen and oxygen atoms in total. The molecule has 1 aliphatic heterocycles. The van der Waals surface area contributed by atoms with Gasteiger partial charge >= 0.3 is 0 Å².